The second-order valence-corrected chi connectivity index (χ2v) is 8.00. The molecule has 3 heteroatoms. The lowest BCUT2D eigenvalue weighted by atomic mass is 9.97. The molecule has 144 valence electrons. The molecule has 4 rings (SSSR count). The molecule has 1 aliphatic carbocycles. The van der Waals surface area contributed by atoms with Gasteiger partial charge in [0, 0.05) is 18.1 Å². The minimum absolute atomic E-state index is 0.444. The van der Waals surface area contributed by atoms with E-state index >= 15 is 0 Å². The summed E-state index contributed by atoms with van der Waals surface area (Å²) in [7, 11) is 0. The fourth-order valence-corrected chi connectivity index (χ4v) is 4.20. The molecule has 0 amide bonds. The summed E-state index contributed by atoms with van der Waals surface area (Å²) in [6, 6.07) is 17.4. The van der Waals surface area contributed by atoms with Crippen molar-refractivity contribution in [1.82, 2.24) is 5.32 Å². The summed E-state index contributed by atoms with van der Waals surface area (Å²) in [4.78, 5) is 2.39. The van der Waals surface area contributed by atoms with E-state index in [-0.39, 0.29) is 0 Å². The Hall–Kier alpha value is -2.73. The van der Waals surface area contributed by atoms with Gasteiger partial charge >= 0.3 is 0 Å². The molecular weight excluding hydrogens is 342 g/mol. The number of anilines is 1. The first-order valence-corrected chi connectivity index (χ1v) is 10.6. The van der Waals surface area contributed by atoms with Crippen LogP contribution in [0, 0.1) is 17.2 Å². The van der Waals surface area contributed by atoms with Crippen molar-refractivity contribution in [2.24, 2.45) is 5.92 Å². The zero-order chi connectivity index (χ0) is 19.3. The molecule has 2 aromatic rings. The Balaban J connectivity index is 1.32. The van der Waals surface area contributed by atoms with Crippen LogP contribution >= 0.6 is 0 Å². The van der Waals surface area contributed by atoms with E-state index in [2.05, 4.69) is 65.9 Å². The van der Waals surface area contributed by atoms with Gasteiger partial charge in [0.1, 0.15) is 6.17 Å². The highest BCUT2D eigenvalue weighted by Crippen LogP contribution is 2.37. The quantitative estimate of drug-likeness (QED) is 0.640. The van der Waals surface area contributed by atoms with Crippen LogP contribution in [0.5, 0.6) is 0 Å². The van der Waals surface area contributed by atoms with Gasteiger partial charge in [0.25, 0.3) is 0 Å². The molecule has 0 spiro atoms. The third-order valence-corrected chi connectivity index (χ3v) is 5.96. The molecule has 28 heavy (non-hydrogen) atoms. The van der Waals surface area contributed by atoms with E-state index in [1.807, 2.05) is 12.1 Å². The first kappa shape index (κ1) is 18.6. The second-order valence-electron chi connectivity index (χ2n) is 8.00. The third-order valence-electron chi connectivity index (χ3n) is 5.96. The molecule has 1 unspecified atom stereocenters. The minimum Gasteiger partial charge on any atom is -0.369 e. The van der Waals surface area contributed by atoms with Crippen LogP contribution in [0.15, 0.2) is 54.9 Å². The van der Waals surface area contributed by atoms with E-state index < -0.39 is 0 Å². The fraction of sp³-hybridized carbons (Fsp3) is 0.400. The zero-order valence-corrected chi connectivity index (χ0v) is 16.7. The molecule has 0 radical (unpaired) electrons. The molecule has 2 aromatic carbocycles. The number of nitrogens with zero attached hydrogens (tertiary/aromatic N) is 2. The summed E-state index contributed by atoms with van der Waals surface area (Å²) in [5, 5.41) is 12.6. The van der Waals surface area contributed by atoms with Crippen LogP contribution in [0.1, 0.15) is 54.9 Å². The summed E-state index contributed by atoms with van der Waals surface area (Å²) < 4.78 is 0. The maximum absolute atomic E-state index is 9.08. The minimum atomic E-state index is 0.444. The maximum atomic E-state index is 9.08. The van der Waals surface area contributed by atoms with Crippen molar-refractivity contribution in [3.63, 3.8) is 0 Å². The summed E-state index contributed by atoms with van der Waals surface area (Å²) in [6.45, 7) is 2.17. The SMILES string of the molecule is CCc1cc(C#N)ccc1CCCCc1cccc(N2C=CNC2C2CC2)c1. The Kier molecular flexibility index (Phi) is 5.67. The van der Waals surface area contributed by atoms with Crippen molar-refractivity contribution in [3.8, 4) is 6.07 Å². The summed E-state index contributed by atoms with van der Waals surface area (Å²) in [5.41, 5.74) is 6.21. The molecule has 1 N–H and O–H groups in total. The third kappa shape index (κ3) is 4.22. The number of nitrogens with one attached hydrogen (secondary N) is 1. The van der Waals surface area contributed by atoms with Gasteiger partial charge in [0.05, 0.1) is 11.6 Å². The number of unbranched alkanes of at least 4 members (excludes halogenated alkanes) is 1. The van der Waals surface area contributed by atoms with Gasteiger partial charge in [0.2, 0.25) is 0 Å². The molecule has 0 saturated heterocycles. The van der Waals surface area contributed by atoms with Gasteiger partial charge in [-0.05, 0) is 91.8 Å². The smallest absolute Gasteiger partial charge is 0.106 e. The predicted molar refractivity (Wildman–Crippen MR) is 115 cm³/mol. The van der Waals surface area contributed by atoms with E-state index in [9.17, 15) is 0 Å². The molecule has 0 bridgehead atoms. The fourth-order valence-electron chi connectivity index (χ4n) is 4.20. The average molecular weight is 372 g/mol. The van der Waals surface area contributed by atoms with Crippen LogP contribution in [0.25, 0.3) is 0 Å². The van der Waals surface area contributed by atoms with Crippen molar-refractivity contribution < 1.29 is 0 Å². The number of hydrogen-bond donors (Lipinski definition) is 1. The van der Waals surface area contributed by atoms with E-state index in [0.29, 0.717) is 6.17 Å². The molecule has 2 aliphatic rings. The van der Waals surface area contributed by atoms with Crippen LogP contribution in [0.4, 0.5) is 5.69 Å². The van der Waals surface area contributed by atoms with Crippen molar-refractivity contribution >= 4 is 5.69 Å². The van der Waals surface area contributed by atoms with Crippen molar-refractivity contribution in [2.45, 2.75) is 58.0 Å². The monoisotopic (exact) mass is 371 g/mol. The Bertz CT molecular complexity index is 889. The van der Waals surface area contributed by atoms with E-state index in [4.69, 9.17) is 5.26 Å². The summed E-state index contributed by atoms with van der Waals surface area (Å²) in [6.07, 6.45) is 13.0. The van der Waals surface area contributed by atoms with Gasteiger partial charge in [-0.25, -0.2) is 0 Å². The Morgan fingerprint density at radius 3 is 2.71 bits per heavy atom. The number of rotatable bonds is 8. The summed E-state index contributed by atoms with van der Waals surface area (Å²) in [5.74, 6) is 0.791. The topological polar surface area (TPSA) is 39.1 Å². The van der Waals surface area contributed by atoms with Crippen LogP contribution in [0.3, 0.4) is 0 Å². The van der Waals surface area contributed by atoms with E-state index in [0.717, 1.165) is 30.7 Å². The number of hydrogen-bond acceptors (Lipinski definition) is 3. The lowest BCUT2D eigenvalue weighted by Crippen LogP contribution is -2.37. The number of nitriles is 1. The van der Waals surface area contributed by atoms with Gasteiger partial charge in [0.15, 0.2) is 0 Å². The predicted octanol–water partition coefficient (Wildman–Crippen LogP) is 5.30. The highest BCUT2D eigenvalue weighted by molar-refractivity contribution is 5.53. The van der Waals surface area contributed by atoms with Gasteiger partial charge in [-0.2, -0.15) is 5.26 Å². The number of benzene rings is 2. The molecule has 1 fully saturated rings. The molecule has 1 heterocycles. The normalized spacial score (nSPS) is 18.1. The summed E-state index contributed by atoms with van der Waals surface area (Å²) >= 11 is 0. The van der Waals surface area contributed by atoms with Crippen molar-refractivity contribution in [2.75, 3.05) is 4.90 Å². The zero-order valence-electron chi connectivity index (χ0n) is 16.7. The highest BCUT2D eigenvalue weighted by atomic mass is 15.3. The lowest BCUT2D eigenvalue weighted by Gasteiger charge is -2.26. The first-order valence-electron chi connectivity index (χ1n) is 10.6. The maximum Gasteiger partial charge on any atom is 0.106 e. The Morgan fingerprint density at radius 1 is 1.07 bits per heavy atom. The van der Waals surface area contributed by atoms with Gasteiger partial charge in [-0.15, -0.1) is 0 Å². The van der Waals surface area contributed by atoms with Gasteiger partial charge in [-0.1, -0.05) is 25.1 Å². The first-order chi connectivity index (χ1) is 13.8. The Labute approximate surface area is 168 Å². The second kappa shape index (κ2) is 8.52. The van der Waals surface area contributed by atoms with Crippen molar-refractivity contribution in [1.29, 1.82) is 5.26 Å². The molecule has 1 aliphatic heterocycles. The Morgan fingerprint density at radius 2 is 1.93 bits per heavy atom. The van der Waals surface area contributed by atoms with Crippen LogP contribution < -0.4 is 10.2 Å². The largest absolute Gasteiger partial charge is 0.369 e. The van der Waals surface area contributed by atoms with Gasteiger partial charge < -0.3 is 10.2 Å². The van der Waals surface area contributed by atoms with Gasteiger partial charge in [-0.3, -0.25) is 0 Å². The van der Waals surface area contributed by atoms with Crippen LogP contribution in [0.2, 0.25) is 0 Å². The van der Waals surface area contributed by atoms with Crippen LogP contribution in [-0.2, 0) is 19.3 Å². The molecule has 0 aromatic heterocycles. The number of aryl methyl sites for hydroxylation is 3. The van der Waals surface area contributed by atoms with E-state index in [1.165, 1.54) is 48.1 Å². The standard InChI is InChI=1S/C25H29N3/c1-2-21-16-20(18-26)10-11-22(21)8-4-3-6-19-7-5-9-24(17-19)28-15-14-27-25(28)23-12-13-23/h5,7,9-11,14-17,23,25,27H,2-4,6,8,12-13H2,1H3. The lowest BCUT2D eigenvalue weighted by molar-refractivity contribution is 0.553. The molecule has 1 atom stereocenters. The molecular formula is C25H29N3. The highest BCUT2D eigenvalue weighted by Gasteiger charge is 2.36. The molecule has 3 nitrogen and oxygen atoms in total. The average Bonchev–Trinajstić information content (AvgIpc) is 3.47. The van der Waals surface area contributed by atoms with Crippen LogP contribution in [-0.4, -0.2) is 6.17 Å². The van der Waals surface area contributed by atoms with E-state index in [1.54, 1.807) is 0 Å². The molecule has 1 saturated carbocycles. The van der Waals surface area contributed by atoms with Crippen molar-refractivity contribution in [3.05, 3.63) is 77.1 Å².